The summed E-state index contributed by atoms with van der Waals surface area (Å²) in [6, 6.07) is 102. The van der Waals surface area contributed by atoms with Crippen molar-refractivity contribution in [3.05, 3.63) is 358 Å². The minimum atomic E-state index is 0.285. The molecule has 12 aromatic carbocycles. The Balaban J connectivity index is 0.000000161. The van der Waals surface area contributed by atoms with Crippen LogP contribution in [0.1, 0.15) is 87.5 Å². The molecule has 0 N–H and O–H groups in total. The van der Waals surface area contributed by atoms with Crippen molar-refractivity contribution in [1.82, 2.24) is 0 Å². The SMILES string of the molecule is Cc1cc(C)c(C)c(C)c1.Cc1ccc(-c2cccc3ccccc23)cc1.Cc1ccc(-c2ccccc2)cc1.Cc1ccc(C(C)(C)C)cc1.Cc1ccc(C)cc1.Cc1cccc(-c2ccccc2)c1.Cc1ccccc1-c1ccccc1. The molecule has 0 saturated heterocycles. The summed E-state index contributed by atoms with van der Waals surface area (Å²) in [5, 5.41) is 2.62. The van der Waals surface area contributed by atoms with Crippen LogP contribution in [0, 0.1) is 76.2 Å². The molecule has 0 fully saturated rings. The molecule has 12 rings (SSSR count). The maximum absolute atomic E-state index is 2.23. The summed E-state index contributed by atoms with van der Waals surface area (Å²) < 4.78 is 0. The average Bonchev–Trinajstić information content (AvgIpc) is 3.70. The van der Waals surface area contributed by atoms with Crippen molar-refractivity contribution in [2.24, 2.45) is 0 Å². The molecule has 430 valence electrons. The molecule has 0 aliphatic carbocycles. The number of fused-ring (bicyclic) bond motifs is 1. The first-order valence-electron chi connectivity index (χ1n) is 29.9. The lowest BCUT2D eigenvalue weighted by molar-refractivity contribution is 0.590. The van der Waals surface area contributed by atoms with Crippen LogP contribution >= 0.6 is 0 Å². The van der Waals surface area contributed by atoms with E-state index in [4.69, 9.17) is 0 Å². The summed E-state index contributed by atoms with van der Waals surface area (Å²) in [6.07, 6.45) is 0. The first-order valence-corrected chi connectivity index (χ1v) is 29.9. The zero-order valence-corrected chi connectivity index (χ0v) is 53.2. The molecule has 12 aromatic rings. The molecule has 0 unspecified atom stereocenters. The number of aryl methyl sites for hydroxylation is 10. The molecule has 0 heterocycles. The lowest BCUT2D eigenvalue weighted by atomic mass is 9.87. The first-order chi connectivity index (χ1) is 40.8. The normalized spacial score (nSPS) is 10.2. The number of hydrogen-bond acceptors (Lipinski definition) is 0. The molecule has 0 saturated carbocycles. The zero-order chi connectivity index (χ0) is 61.1. The highest BCUT2D eigenvalue weighted by molar-refractivity contribution is 5.96. The first kappa shape index (κ1) is 65.1. The Morgan fingerprint density at radius 1 is 0.212 bits per heavy atom. The molecule has 0 aliphatic heterocycles. The molecule has 0 aromatic heterocycles. The minimum absolute atomic E-state index is 0.285. The van der Waals surface area contributed by atoms with Gasteiger partial charge in [0.15, 0.2) is 0 Å². The summed E-state index contributed by atoms with van der Waals surface area (Å²) in [5.74, 6) is 0. The average molecular weight is 1110 g/mol. The fourth-order valence-electron chi connectivity index (χ4n) is 9.50. The highest BCUT2D eigenvalue weighted by Crippen LogP contribution is 2.29. The van der Waals surface area contributed by atoms with Gasteiger partial charge in [-0.25, -0.2) is 0 Å². The van der Waals surface area contributed by atoms with Crippen molar-refractivity contribution in [2.45, 2.75) is 102 Å². The third-order valence-electron chi connectivity index (χ3n) is 14.9. The van der Waals surface area contributed by atoms with Crippen LogP contribution in [0.3, 0.4) is 0 Å². The molecule has 0 spiro atoms. The Bertz CT molecular complexity index is 3790. The van der Waals surface area contributed by atoms with Gasteiger partial charge in [0.25, 0.3) is 0 Å². The van der Waals surface area contributed by atoms with Crippen LogP contribution in [0.2, 0.25) is 0 Å². The fraction of sp³-hybridized carbons (Fsp3) is 0.176. The van der Waals surface area contributed by atoms with Gasteiger partial charge in [-0.15, -0.1) is 0 Å². The molecule has 85 heavy (non-hydrogen) atoms. The van der Waals surface area contributed by atoms with Gasteiger partial charge in [-0.3, -0.25) is 0 Å². The highest BCUT2D eigenvalue weighted by atomic mass is 14.2. The predicted octanol–water partition coefficient (Wildman–Crippen LogP) is 24.3. The van der Waals surface area contributed by atoms with Crippen molar-refractivity contribution in [3.63, 3.8) is 0 Å². The van der Waals surface area contributed by atoms with Gasteiger partial charge in [0, 0.05) is 0 Å². The summed E-state index contributed by atoms with van der Waals surface area (Å²) in [7, 11) is 0. The molecule has 0 aliphatic rings. The van der Waals surface area contributed by atoms with E-state index in [-0.39, 0.29) is 5.41 Å². The van der Waals surface area contributed by atoms with E-state index in [1.807, 2.05) is 18.2 Å². The van der Waals surface area contributed by atoms with Crippen molar-refractivity contribution >= 4 is 10.8 Å². The highest BCUT2D eigenvalue weighted by Gasteiger charge is 2.12. The predicted molar refractivity (Wildman–Crippen MR) is 375 cm³/mol. The smallest absolute Gasteiger partial charge is 0.0105 e. The maximum Gasteiger partial charge on any atom is -0.0105 e. The Morgan fingerprint density at radius 2 is 0.553 bits per heavy atom. The van der Waals surface area contributed by atoms with Crippen LogP contribution in [0.5, 0.6) is 0 Å². The van der Waals surface area contributed by atoms with E-state index >= 15 is 0 Å². The Hall–Kier alpha value is -9.10. The topological polar surface area (TPSA) is 0 Å². The second-order valence-corrected chi connectivity index (χ2v) is 23.3. The minimum Gasteiger partial charge on any atom is -0.0622 e. The van der Waals surface area contributed by atoms with Crippen LogP contribution in [0.4, 0.5) is 0 Å². The molecular weight excluding hydrogens is 1020 g/mol. The van der Waals surface area contributed by atoms with Gasteiger partial charge in [-0.1, -0.05) is 351 Å². The van der Waals surface area contributed by atoms with Crippen LogP contribution in [0.25, 0.3) is 55.3 Å². The van der Waals surface area contributed by atoms with Gasteiger partial charge in [0.05, 0.1) is 0 Å². The van der Waals surface area contributed by atoms with Gasteiger partial charge >= 0.3 is 0 Å². The largest absolute Gasteiger partial charge is 0.0622 e. The third-order valence-corrected chi connectivity index (χ3v) is 14.9. The van der Waals surface area contributed by atoms with Gasteiger partial charge < -0.3 is 0 Å². The number of rotatable bonds is 4. The van der Waals surface area contributed by atoms with Crippen molar-refractivity contribution in [3.8, 4) is 44.5 Å². The third kappa shape index (κ3) is 21.9. The Kier molecular flexibility index (Phi) is 25.5. The van der Waals surface area contributed by atoms with Gasteiger partial charge in [-0.05, 0) is 165 Å². The lowest BCUT2D eigenvalue weighted by Gasteiger charge is -2.18. The van der Waals surface area contributed by atoms with E-state index in [1.165, 1.54) is 122 Å². The number of hydrogen-bond donors (Lipinski definition) is 0. The van der Waals surface area contributed by atoms with E-state index < -0.39 is 0 Å². The van der Waals surface area contributed by atoms with Crippen molar-refractivity contribution < 1.29 is 0 Å². The van der Waals surface area contributed by atoms with Crippen molar-refractivity contribution in [2.75, 3.05) is 0 Å². The molecule has 0 amide bonds. The fourth-order valence-corrected chi connectivity index (χ4v) is 9.50. The summed E-state index contributed by atoms with van der Waals surface area (Å²) >= 11 is 0. The lowest BCUT2D eigenvalue weighted by Crippen LogP contribution is -2.10. The van der Waals surface area contributed by atoms with Crippen LogP contribution in [-0.4, -0.2) is 0 Å². The number of benzene rings is 12. The standard InChI is InChI=1S/C17H14.3C13H12.C11H16.C10H14.C8H10/c1-13-9-11-15(12-10-13)17-8-4-6-14-5-2-3-7-16(14)17;1-11-7-5-6-10-13(11)12-8-3-2-4-9-12;1-11-6-5-9-13(10-11)12-7-3-2-4-8-12;1-11-7-9-13(10-8-11)12-5-3-2-4-6-12;1-9-5-7-10(8-6-9)11(2,3)4;1-7-5-8(2)10(4)9(3)6-7;1-7-3-5-8(2)6-4-7/h2-12H,1H3;3*2-10H,1H3;5-8H,1-4H3;5-6H,1-4H3;3-6H,1-2H3. The van der Waals surface area contributed by atoms with Crippen LogP contribution in [-0.2, 0) is 5.41 Å². The second-order valence-electron chi connectivity index (χ2n) is 23.3. The van der Waals surface area contributed by atoms with E-state index in [1.54, 1.807) is 0 Å². The van der Waals surface area contributed by atoms with E-state index in [0.29, 0.717) is 0 Å². The van der Waals surface area contributed by atoms with E-state index in [9.17, 15) is 0 Å². The Morgan fingerprint density at radius 3 is 1.04 bits per heavy atom. The summed E-state index contributed by atoms with van der Waals surface area (Å²) in [5.41, 5.74) is 26.9. The molecule has 0 heteroatoms. The summed E-state index contributed by atoms with van der Waals surface area (Å²) in [6.45, 7) is 30.1. The molecule has 0 radical (unpaired) electrons. The van der Waals surface area contributed by atoms with Crippen LogP contribution < -0.4 is 0 Å². The molecule has 0 nitrogen and oxygen atoms in total. The second kappa shape index (κ2) is 33.3. The summed E-state index contributed by atoms with van der Waals surface area (Å²) in [4.78, 5) is 0. The van der Waals surface area contributed by atoms with Crippen LogP contribution in [0.15, 0.2) is 291 Å². The molecular formula is C85H90. The maximum atomic E-state index is 2.23. The Labute approximate surface area is 512 Å². The van der Waals surface area contributed by atoms with Crippen molar-refractivity contribution in [1.29, 1.82) is 0 Å². The zero-order valence-electron chi connectivity index (χ0n) is 53.2. The molecule has 0 atom stereocenters. The quantitative estimate of drug-likeness (QED) is 0.165. The van der Waals surface area contributed by atoms with E-state index in [2.05, 4.69) is 370 Å². The van der Waals surface area contributed by atoms with Gasteiger partial charge in [0.1, 0.15) is 0 Å². The molecule has 0 bridgehead atoms. The van der Waals surface area contributed by atoms with E-state index in [0.717, 1.165) is 0 Å². The van der Waals surface area contributed by atoms with Gasteiger partial charge in [-0.2, -0.15) is 0 Å². The van der Waals surface area contributed by atoms with Gasteiger partial charge in [0.2, 0.25) is 0 Å². The monoisotopic (exact) mass is 1110 g/mol.